The number of carbonyl (C=O) groups excluding carboxylic acids is 2. The molecule has 2 aliphatic rings. The lowest BCUT2D eigenvalue weighted by Crippen LogP contribution is -2.57. The summed E-state index contributed by atoms with van der Waals surface area (Å²) in [6.07, 6.45) is 1.48. The van der Waals surface area contributed by atoms with Gasteiger partial charge >= 0.3 is 11.9 Å². The van der Waals surface area contributed by atoms with Gasteiger partial charge in [0.25, 0.3) is 0 Å². The van der Waals surface area contributed by atoms with E-state index in [4.69, 9.17) is 9.47 Å². The summed E-state index contributed by atoms with van der Waals surface area (Å²) in [7, 11) is 0. The molecule has 160 valence electrons. The number of fused-ring (bicyclic) bond motifs is 3. The summed E-state index contributed by atoms with van der Waals surface area (Å²) in [4.78, 5) is 23.6. The van der Waals surface area contributed by atoms with Crippen LogP contribution in [0.25, 0.3) is 0 Å². The first-order valence-corrected chi connectivity index (χ1v) is 10.6. The van der Waals surface area contributed by atoms with E-state index in [0.717, 1.165) is 36.0 Å². The van der Waals surface area contributed by atoms with Gasteiger partial charge in [0.1, 0.15) is 18.0 Å². The molecule has 1 fully saturated rings. The van der Waals surface area contributed by atoms with Crippen LogP contribution in [0.3, 0.4) is 0 Å². The van der Waals surface area contributed by atoms with E-state index in [-0.39, 0.29) is 34.6 Å². The lowest BCUT2D eigenvalue weighted by Gasteiger charge is -2.57. The number of ether oxygens (including phenoxy) is 2. The van der Waals surface area contributed by atoms with E-state index >= 15 is 0 Å². The molecule has 1 aromatic carbocycles. The zero-order valence-corrected chi connectivity index (χ0v) is 18.7. The number of aliphatic hydroxyl groups is 1. The third-order valence-corrected chi connectivity index (χ3v) is 6.98. The zero-order valence-electron chi connectivity index (χ0n) is 18.7. The highest BCUT2D eigenvalue weighted by Crippen LogP contribution is 2.60. The number of rotatable bonds is 3. The number of hydrogen-bond donors (Lipinski definition) is 1. The molecule has 0 radical (unpaired) electrons. The zero-order chi connectivity index (χ0) is 21.7. The minimum Gasteiger partial charge on any atom is -0.459 e. The Morgan fingerprint density at radius 2 is 1.76 bits per heavy atom. The summed E-state index contributed by atoms with van der Waals surface area (Å²) in [5.41, 5.74) is 2.26. The van der Waals surface area contributed by atoms with E-state index < -0.39 is 12.2 Å². The van der Waals surface area contributed by atoms with Crippen molar-refractivity contribution < 1.29 is 24.2 Å². The maximum Gasteiger partial charge on any atom is 0.308 e. The summed E-state index contributed by atoms with van der Waals surface area (Å²) in [5, 5.41) is 11.3. The molecule has 4 atom stereocenters. The third kappa shape index (κ3) is 3.70. The largest absolute Gasteiger partial charge is 0.459 e. The third-order valence-electron chi connectivity index (χ3n) is 6.98. The van der Waals surface area contributed by atoms with E-state index in [1.165, 1.54) is 13.8 Å². The van der Waals surface area contributed by atoms with Gasteiger partial charge < -0.3 is 14.6 Å². The first kappa shape index (κ1) is 21.8. The van der Waals surface area contributed by atoms with Crippen molar-refractivity contribution in [2.75, 3.05) is 0 Å². The first-order valence-electron chi connectivity index (χ1n) is 10.6. The Morgan fingerprint density at radius 3 is 2.31 bits per heavy atom. The van der Waals surface area contributed by atoms with E-state index in [1.807, 2.05) is 26.0 Å². The summed E-state index contributed by atoms with van der Waals surface area (Å²) >= 11 is 0. The monoisotopic (exact) mass is 402 g/mol. The summed E-state index contributed by atoms with van der Waals surface area (Å²) in [6, 6.07) is 3.90. The molecule has 2 aliphatic carbocycles. The van der Waals surface area contributed by atoms with Crippen molar-refractivity contribution in [3.05, 3.63) is 28.8 Å². The average molecular weight is 403 g/mol. The van der Waals surface area contributed by atoms with Crippen LogP contribution in [-0.4, -0.2) is 23.1 Å². The van der Waals surface area contributed by atoms with Crippen LogP contribution in [0.5, 0.6) is 5.75 Å². The topological polar surface area (TPSA) is 72.8 Å². The second kappa shape index (κ2) is 7.42. The minimum absolute atomic E-state index is 0.0368. The predicted octanol–water partition coefficient (Wildman–Crippen LogP) is 4.80. The molecule has 0 amide bonds. The Hall–Kier alpha value is -1.88. The summed E-state index contributed by atoms with van der Waals surface area (Å²) in [5.74, 6) is -0.0890. The molecule has 3 rings (SSSR count). The van der Waals surface area contributed by atoms with Crippen molar-refractivity contribution in [1.29, 1.82) is 0 Å². The maximum atomic E-state index is 11.9. The van der Waals surface area contributed by atoms with Crippen molar-refractivity contribution in [1.82, 2.24) is 0 Å². The molecule has 0 bridgehead atoms. The normalized spacial score (nSPS) is 30.3. The van der Waals surface area contributed by atoms with Gasteiger partial charge in [-0.05, 0) is 58.4 Å². The van der Waals surface area contributed by atoms with Gasteiger partial charge in [-0.1, -0.05) is 41.0 Å². The van der Waals surface area contributed by atoms with Crippen LogP contribution in [0, 0.1) is 11.3 Å². The number of hydrogen-bond acceptors (Lipinski definition) is 5. The highest BCUT2D eigenvalue weighted by atomic mass is 16.6. The number of aliphatic hydroxyl groups excluding tert-OH is 1. The van der Waals surface area contributed by atoms with Gasteiger partial charge in [0, 0.05) is 19.8 Å². The van der Waals surface area contributed by atoms with Crippen LogP contribution in [0.1, 0.15) is 96.4 Å². The molecule has 29 heavy (non-hydrogen) atoms. The SMILES string of the molecule is CC(=O)Oc1cc2c(cc1C(C)C)[C@@H](O)[C@H](OC(C)=O)[C@H]1C(C)(C)CCC[C@]21C. The number of esters is 2. The van der Waals surface area contributed by atoms with Gasteiger partial charge in [-0.2, -0.15) is 0 Å². The van der Waals surface area contributed by atoms with Crippen LogP contribution in [0.4, 0.5) is 0 Å². The van der Waals surface area contributed by atoms with Crippen molar-refractivity contribution in [3.8, 4) is 5.75 Å². The number of benzene rings is 1. The Kier molecular flexibility index (Phi) is 5.59. The Bertz CT molecular complexity index is 825. The maximum absolute atomic E-state index is 11.9. The van der Waals surface area contributed by atoms with Crippen molar-refractivity contribution >= 4 is 11.9 Å². The molecule has 0 spiro atoms. The van der Waals surface area contributed by atoms with Crippen LogP contribution < -0.4 is 4.74 Å². The van der Waals surface area contributed by atoms with Gasteiger partial charge in [0.05, 0.1) is 0 Å². The molecule has 0 unspecified atom stereocenters. The standard InChI is InChI=1S/C24H34O5/c1-13(2)16-11-17-18(12-19(16)28-14(3)25)24(7)10-8-9-23(5,6)22(24)21(20(17)27)29-15(4)26/h11-13,20-22,27H,8-10H2,1-7H3/t20-,21+,22+,24-/m1/s1. The van der Waals surface area contributed by atoms with Gasteiger partial charge in [0.2, 0.25) is 0 Å². The lowest BCUT2D eigenvalue weighted by atomic mass is 9.49. The van der Waals surface area contributed by atoms with E-state index in [1.54, 1.807) is 0 Å². The number of carbonyl (C=O) groups is 2. The quantitative estimate of drug-likeness (QED) is 0.581. The molecule has 1 N–H and O–H groups in total. The molecule has 5 nitrogen and oxygen atoms in total. The summed E-state index contributed by atoms with van der Waals surface area (Å²) < 4.78 is 11.3. The van der Waals surface area contributed by atoms with Crippen molar-refractivity contribution in [2.45, 2.75) is 91.3 Å². The highest BCUT2D eigenvalue weighted by Gasteiger charge is 2.58. The fraction of sp³-hybridized carbons (Fsp3) is 0.667. The fourth-order valence-corrected chi connectivity index (χ4v) is 5.93. The fourth-order valence-electron chi connectivity index (χ4n) is 5.93. The highest BCUT2D eigenvalue weighted by molar-refractivity contribution is 5.70. The Morgan fingerprint density at radius 1 is 1.10 bits per heavy atom. The van der Waals surface area contributed by atoms with Gasteiger partial charge in [0.15, 0.2) is 0 Å². The average Bonchev–Trinajstić information content (AvgIpc) is 2.57. The molecule has 5 heteroatoms. The second-order valence-corrected chi connectivity index (χ2v) is 9.98. The minimum atomic E-state index is -0.909. The molecule has 0 aromatic heterocycles. The molecule has 1 aromatic rings. The van der Waals surface area contributed by atoms with Gasteiger partial charge in [-0.15, -0.1) is 0 Å². The lowest BCUT2D eigenvalue weighted by molar-refractivity contribution is -0.174. The summed E-state index contributed by atoms with van der Waals surface area (Å²) in [6.45, 7) is 13.5. The molecular formula is C24H34O5. The first-order chi connectivity index (χ1) is 13.4. The predicted molar refractivity (Wildman–Crippen MR) is 111 cm³/mol. The van der Waals surface area contributed by atoms with E-state index in [2.05, 4.69) is 20.8 Å². The van der Waals surface area contributed by atoms with E-state index in [9.17, 15) is 14.7 Å². The van der Waals surface area contributed by atoms with Crippen LogP contribution in [0.15, 0.2) is 12.1 Å². The molecular weight excluding hydrogens is 368 g/mol. The van der Waals surface area contributed by atoms with Crippen LogP contribution in [-0.2, 0) is 19.7 Å². The van der Waals surface area contributed by atoms with Crippen LogP contribution in [0.2, 0.25) is 0 Å². The van der Waals surface area contributed by atoms with Crippen molar-refractivity contribution in [2.24, 2.45) is 11.3 Å². The molecule has 1 saturated carbocycles. The molecule has 0 saturated heterocycles. The van der Waals surface area contributed by atoms with Crippen molar-refractivity contribution in [3.63, 3.8) is 0 Å². The Labute approximate surface area is 173 Å². The van der Waals surface area contributed by atoms with Gasteiger partial charge in [-0.3, -0.25) is 9.59 Å². The Balaban J connectivity index is 2.27. The van der Waals surface area contributed by atoms with Crippen LogP contribution >= 0.6 is 0 Å². The van der Waals surface area contributed by atoms with Gasteiger partial charge in [-0.25, -0.2) is 0 Å². The van der Waals surface area contributed by atoms with E-state index in [0.29, 0.717) is 5.75 Å². The molecule has 0 aliphatic heterocycles. The molecule has 0 heterocycles. The smallest absolute Gasteiger partial charge is 0.308 e. The second-order valence-electron chi connectivity index (χ2n) is 9.98.